The first-order valence-electron chi connectivity index (χ1n) is 2.96. The second-order valence-electron chi connectivity index (χ2n) is 2.61. The molecule has 2 aliphatic carbocycles. The van der Waals surface area contributed by atoms with Crippen molar-refractivity contribution < 1.29 is 0 Å². The predicted octanol–water partition coefficient (Wildman–Crippen LogP) is 1.76. The van der Waals surface area contributed by atoms with E-state index in [4.69, 9.17) is 0 Å². The summed E-state index contributed by atoms with van der Waals surface area (Å²) in [5.74, 6) is 2.35. The van der Waals surface area contributed by atoms with Gasteiger partial charge in [0, 0.05) is 5.25 Å². The van der Waals surface area contributed by atoms with Crippen molar-refractivity contribution in [2.24, 2.45) is 11.8 Å². The fourth-order valence-electron chi connectivity index (χ4n) is 1.64. The number of thioether (sulfide) groups is 1. The highest BCUT2D eigenvalue weighted by molar-refractivity contribution is 7.99. The van der Waals surface area contributed by atoms with Gasteiger partial charge in [0.15, 0.2) is 0 Å². The molecule has 0 N–H and O–H groups in total. The van der Waals surface area contributed by atoms with Gasteiger partial charge in [-0.25, -0.2) is 0 Å². The Kier molecular flexibility index (Phi) is 0.724. The molecule has 0 amide bonds. The monoisotopic (exact) mass is 114 g/mol. The van der Waals surface area contributed by atoms with Gasteiger partial charge in [0.05, 0.1) is 0 Å². The van der Waals surface area contributed by atoms with E-state index in [-0.39, 0.29) is 0 Å². The first kappa shape index (κ1) is 4.25. The largest absolute Gasteiger partial charge is 0.161 e. The third-order valence-electron chi connectivity index (χ3n) is 2.36. The molecule has 0 radical (unpaired) electrons. The molecule has 2 rings (SSSR count). The van der Waals surface area contributed by atoms with E-state index in [0.717, 1.165) is 5.25 Å². The zero-order chi connectivity index (χ0) is 4.85. The van der Waals surface area contributed by atoms with Gasteiger partial charge in [-0.3, -0.25) is 0 Å². The summed E-state index contributed by atoms with van der Waals surface area (Å²) in [5.41, 5.74) is 0. The van der Waals surface area contributed by atoms with Crippen molar-refractivity contribution in [3.8, 4) is 0 Å². The molecule has 2 atom stereocenters. The van der Waals surface area contributed by atoms with E-state index in [1.54, 1.807) is 0 Å². The van der Waals surface area contributed by atoms with E-state index < -0.39 is 0 Å². The molecule has 2 saturated carbocycles. The number of fused-ring (bicyclic) bond motifs is 1. The molecule has 1 heteroatoms. The fourth-order valence-corrected chi connectivity index (χ4v) is 2.92. The molecule has 0 saturated heterocycles. The van der Waals surface area contributed by atoms with Crippen molar-refractivity contribution in [3.63, 3.8) is 0 Å². The van der Waals surface area contributed by atoms with Crippen LogP contribution in [0.4, 0.5) is 0 Å². The van der Waals surface area contributed by atoms with Crippen LogP contribution in [0.15, 0.2) is 0 Å². The molecule has 7 heavy (non-hydrogen) atoms. The summed E-state index contributed by atoms with van der Waals surface area (Å²) >= 11 is 2.07. The Labute approximate surface area is 48.7 Å². The first-order valence-corrected chi connectivity index (χ1v) is 4.25. The summed E-state index contributed by atoms with van der Waals surface area (Å²) in [4.78, 5) is 0. The van der Waals surface area contributed by atoms with Crippen LogP contribution in [0.2, 0.25) is 0 Å². The summed E-state index contributed by atoms with van der Waals surface area (Å²) < 4.78 is 0. The molecule has 2 unspecified atom stereocenters. The minimum absolute atomic E-state index is 1.10. The quantitative estimate of drug-likeness (QED) is 0.500. The standard InChI is InChI=1S/C6H10S/c1-7-6-4-2-3-5(4)6/h4-6H,2-3H2,1H3. The van der Waals surface area contributed by atoms with Crippen LogP contribution in [0.5, 0.6) is 0 Å². The van der Waals surface area contributed by atoms with E-state index in [1.165, 1.54) is 24.7 Å². The van der Waals surface area contributed by atoms with Gasteiger partial charge in [0.1, 0.15) is 0 Å². The van der Waals surface area contributed by atoms with Crippen LogP contribution < -0.4 is 0 Å². The molecule has 40 valence electrons. The summed E-state index contributed by atoms with van der Waals surface area (Å²) in [6, 6.07) is 0. The Hall–Kier alpha value is 0.350. The molecule has 0 spiro atoms. The molecule has 0 aromatic rings. The summed E-state index contributed by atoms with van der Waals surface area (Å²) in [7, 11) is 0. The Balaban J connectivity index is 1.95. The highest BCUT2D eigenvalue weighted by Crippen LogP contribution is 2.61. The zero-order valence-corrected chi connectivity index (χ0v) is 5.37. The van der Waals surface area contributed by atoms with Crippen LogP contribution in [-0.2, 0) is 0 Å². The van der Waals surface area contributed by atoms with Crippen LogP contribution in [0.1, 0.15) is 12.8 Å². The predicted molar refractivity (Wildman–Crippen MR) is 33.5 cm³/mol. The lowest BCUT2D eigenvalue weighted by atomic mass is 10.0. The lowest BCUT2D eigenvalue weighted by molar-refractivity contribution is 0.468. The summed E-state index contributed by atoms with van der Waals surface area (Å²) in [5, 5.41) is 1.10. The van der Waals surface area contributed by atoms with Crippen molar-refractivity contribution in [1.29, 1.82) is 0 Å². The van der Waals surface area contributed by atoms with Gasteiger partial charge in [-0.15, -0.1) is 0 Å². The fraction of sp³-hybridized carbons (Fsp3) is 1.00. The van der Waals surface area contributed by atoms with Gasteiger partial charge >= 0.3 is 0 Å². The van der Waals surface area contributed by atoms with Gasteiger partial charge in [-0.2, -0.15) is 11.8 Å². The lowest BCUT2D eigenvalue weighted by Gasteiger charge is -2.04. The van der Waals surface area contributed by atoms with Gasteiger partial charge in [-0.1, -0.05) is 0 Å². The maximum atomic E-state index is 2.24. The van der Waals surface area contributed by atoms with Gasteiger partial charge in [0.25, 0.3) is 0 Å². The SMILES string of the molecule is CSC1C2CCC21. The number of hydrogen-bond donors (Lipinski definition) is 0. The van der Waals surface area contributed by atoms with Crippen LogP contribution in [0.3, 0.4) is 0 Å². The van der Waals surface area contributed by atoms with Gasteiger partial charge in [-0.05, 0) is 30.9 Å². The lowest BCUT2D eigenvalue weighted by Crippen LogP contribution is -1.93. The average Bonchev–Trinajstić information content (AvgIpc) is 2.07. The van der Waals surface area contributed by atoms with Crippen LogP contribution >= 0.6 is 11.8 Å². The second kappa shape index (κ2) is 1.19. The summed E-state index contributed by atoms with van der Waals surface area (Å²) in [6.45, 7) is 0. The highest BCUT2D eigenvalue weighted by Gasteiger charge is 2.55. The Bertz CT molecular complexity index is 80.2. The van der Waals surface area contributed by atoms with Crippen molar-refractivity contribution in [2.75, 3.05) is 6.26 Å². The maximum absolute atomic E-state index is 2.24. The average molecular weight is 114 g/mol. The van der Waals surface area contributed by atoms with Crippen molar-refractivity contribution in [3.05, 3.63) is 0 Å². The molecule has 0 nitrogen and oxygen atoms in total. The summed E-state index contributed by atoms with van der Waals surface area (Å²) in [6.07, 6.45) is 5.31. The van der Waals surface area contributed by atoms with Crippen molar-refractivity contribution >= 4 is 11.8 Å². The first-order chi connectivity index (χ1) is 3.43. The second-order valence-corrected chi connectivity index (χ2v) is 3.62. The Morgan fingerprint density at radius 3 is 2.00 bits per heavy atom. The molecule has 0 aliphatic heterocycles. The van der Waals surface area contributed by atoms with Crippen LogP contribution in [-0.4, -0.2) is 11.5 Å². The molecular weight excluding hydrogens is 104 g/mol. The molecule has 2 aliphatic rings. The normalized spacial score (nSPS) is 55.3. The smallest absolute Gasteiger partial charge is 0.0107 e. The van der Waals surface area contributed by atoms with Crippen molar-refractivity contribution in [2.45, 2.75) is 18.1 Å². The van der Waals surface area contributed by atoms with E-state index >= 15 is 0 Å². The van der Waals surface area contributed by atoms with Crippen LogP contribution in [0.25, 0.3) is 0 Å². The Morgan fingerprint density at radius 1 is 1.29 bits per heavy atom. The van der Waals surface area contributed by atoms with Crippen LogP contribution in [0, 0.1) is 11.8 Å². The molecular formula is C6H10S. The molecule has 2 fully saturated rings. The maximum Gasteiger partial charge on any atom is 0.0107 e. The van der Waals surface area contributed by atoms with E-state index in [1.807, 2.05) is 0 Å². The third kappa shape index (κ3) is 0.399. The zero-order valence-electron chi connectivity index (χ0n) is 4.55. The molecule has 0 heterocycles. The topological polar surface area (TPSA) is 0 Å². The molecule has 0 bridgehead atoms. The van der Waals surface area contributed by atoms with E-state index in [9.17, 15) is 0 Å². The number of rotatable bonds is 1. The van der Waals surface area contributed by atoms with E-state index in [2.05, 4.69) is 18.0 Å². The number of hydrogen-bond acceptors (Lipinski definition) is 1. The Morgan fingerprint density at radius 2 is 1.86 bits per heavy atom. The molecule has 0 aromatic heterocycles. The third-order valence-corrected chi connectivity index (χ3v) is 3.60. The van der Waals surface area contributed by atoms with E-state index in [0.29, 0.717) is 0 Å². The highest BCUT2D eigenvalue weighted by atomic mass is 32.2. The minimum atomic E-state index is 1.10. The minimum Gasteiger partial charge on any atom is -0.161 e. The van der Waals surface area contributed by atoms with Gasteiger partial charge in [0.2, 0.25) is 0 Å². The van der Waals surface area contributed by atoms with Crippen molar-refractivity contribution in [1.82, 2.24) is 0 Å². The molecule has 0 aromatic carbocycles. The van der Waals surface area contributed by atoms with Gasteiger partial charge < -0.3 is 0 Å².